The van der Waals surface area contributed by atoms with E-state index in [2.05, 4.69) is 10.4 Å². The Kier molecular flexibility index (Phi) is 6.06. The number of carbonyl (C=O) groups excluding carboxylic acids is 1. The predicted octanol–water partition coefficient (Wildman–Crippen LogP) is 2.92. The molecule has 0 aliphatic carbocycles. The summed E-state index contributed by atoms with van der Waals surface area (Å²) in [7, 11) is -3.01. The van der Waals surface area contributed by atoms with E-state index in [1.54, 1.807) is 24.3 Å². The third kappa shape index (κ3) is 4.69. The Bertz CT molecular complexity index is 1230. The third-order valence-electron chi connectivity index (χ3n) is 5.01. The lowest BCUT2D eigenvalue weighted by Gasteiger charge is -2.25. The van der Waals surface area contributed by atoms with Crippen molar-refractivity contribution in [3.8, 4) is 16.9 Å². The summed E-state index contributed by atoms with van der Waals surface area (Å²) in [5.74, 6) is -1.87. The number of carbonyl (C=O) groups is 1. The molecule has 1 aromatic heterocycles. The zero-order chi connectivity index (χ0) is 23.0. The van der Waals surface area contributed by atoms with Crippen LogP contribution in [-0.4, -0.2) is 53.6 Å². The first kappa shape index (κ1) is 22.4. The Morgan fingerprint density at radius 3 is 2.50 bits per heavy atom. The minimum atomic E-state index is -3.01. The van der Waals surface area contributed by atoms with Gasteiger partial charge in [0.1, 0.15) is 11.4 Å². The van der Waals surface area contributed by atoms with Gasteiger partial charge in [0.25, 0.3) is 11.5 Å². The van der Waals surface area contributed by atoms with Gasteiger partial charge >= 0.3 is 0 Å². The van der Waals surface area contributed by atoms with Crippen LogP contribution in [0.5, 0.6) is 0 Å². The molecule has 4 N–H and O–H groups in total. The van der Waals surface area contributed by atoms with Crippen LogP contribution >= 0.6 is 22.2 Å². The highest BCUT2D eigenvalue weighted by molar-refractivity contribution is 8.24. The van der Waals surface area contributed by atoms with E-state index in [-0.39, 0.29) is 28.5 Å². The maximum atomic E-state index is 13.8. The fourth-order valence-corrected chi connectivity index (χ4v) is 5.36. The molecule has 2 atom stereocenters. The van der Waals surface area contributed by atoms with Gasteiger partial charge in [0.15, 0.2) is 0 Å². The number of hydrogen-bond acceptors (Lipinski definition) is 6. The van der Waals surface area contributed by atoms with E-state index in [1.165, 1.54) is 24.3 Å². The summed E-state index contributed by atoms with van der Waals surface area (Å²) in [6.45, 7) is 0. The van der Waals surface area contributed by atoms with Crippen molar-refractivity contribution >= 4 is 28.1 Å². The maximum absolute atomic E-state index is 13.8. The monoisotopic (exact) mass is 479 g/mol. The van der Waals surface area contributed by atoms with Crippen molar-refractivity contribution in [1.29, 1.82) is 0 Å². The molecule has 1 aliphatic rings. The molecule has 168 valence electrons. The van der Waals surface area contributed by atoms with Crippen LogP contribution < -0.4 is 10.9 Å². The molecule has 0 bridgehead atoms. The molecule has 8 nitrogen and oxygen atoms in total. The molecule has 2 unspecified atom stereocenters. The highest BCUT2D eigenvalue weighted by Gasteiger charge is 2.38. The number of aromatic nitrogens is 2. The fraction of sp³-hybridized carbons (Fsp3) is 0.190. The molecule has 1 saturated heterocycles. The first-order chi connectivity index (χ1) is 15.1. The number of aliphatic hydroxyl groups excluding tert-OH is 1. The minimum absolute atomic E-state index is 0.120. The number of nitrogens with one attached hydrogen (secondary N) is 1. The van der Waals surface area contributed by atoms with Crippen molar-refractivity contribution < 1.29 is 23.4 Å². The first-order valence-corrected chi connectivity index (χ1v) is 11.8. The summed E-state index contributed by atoms with van der Waals surface area (Å²) in [5.41, 5.74) is -0.166. The number of nitrogens with zero attached hydrogens (tertiary/aromatic N) is 2. The van der Waals surface area contributed by atoms with Gasteiger partial charge in [-0.2, -0.15) is 20.4 Å². The van der Waals surface area contributed by atoms with Gasteiger partial charge in [-0.3, -0.25) is 18.7 Å². The van der Waals surface area contributed by atoms with E-state index in [1.807, 2.05) is 0 Å². The number of amides is 1. The van der Waals surface area contributed by atoms with Gasteiger partial charge in [0.05, 0.1) is 35.0 Å². The smallest absolute Gasteiger partial charge is 0.284 e. The third-order valence-corrected chi connectivity index (χ3v) is 7.03. The molecule has 2 heterocycles. The molecule has 3 aromatic rings. The van der Waals surface area contributed by atoms with Crippen LogP contribution in [0.4, 0.5) is 4.39 Å². The number of rotatable bonds is 4. The number of hydrogen-bond donors (Lipinski definition) is 4. The van der Waals surface area contributed by atoms with Crippen LogP contribution in [0, 0.1) is 5.82 Å². The molecule has 1 aliphatic heterocycles. The number of benzene rings is 2. The van der Waals surface area contributed by atoms with Gasteiger partial charge in [-0.1, -0.05) is 29.8 Å². The zero-order valence-corrected chi connectivity index (χ0v) is 18.1. The molecular formula is C21H19ClFN3O5S. The second kappa shape index (κ2) is 8.64. The summed E-state index contributed by atoms with van der Waals surface area (Å²) in [6.07, 6.45) is -1.16. The highest BCUT2D eigenvalue weighted by Crippen LogP contribution is 2.45. The summed E-state index contributed by atoms with van der Waals surface area (Å²) in [6, 6.07) is 12.1. The lowest BCUT2D eigenvalue weighted by atomic mass is 10.1. The van der Waals surface area contributed by atoms with Gasteiger partial charge in [-0.25, -0.2) is 4.39 Å². The van der Waals surface area contributed by atoms with Crippen LogP contribution in [0.2, 0.25) is 5.02 Å². The maximum Gasteiger partial charge on any atom is 0.284 e. The second-order valence-electron chi connectivity index (χ2n) is 7.43. The molecule has 4 rings (SSSR count). The van der Waals surface area contributed by atoms with E-state index in [9.17, 15) is 28.2 Å². The minimum Gasteiger partial charge on any atom is -0.389 e. The molecule has 11 heteroatoms. The SMILES string of the molecule is O=C(NC1CS(O)(O)CC1O)c1cc(-c2ccc(Cl)cc2)nn(-c2cccc(F)c2)c1=O. The molecule has 0 saturated carbocycles. The molecule has 0 radical (unpaired) electrons. The molecule has 1 amide bonds. The van der Waals surface area contributed by atoms with E-state index < -0.39 is 40.0 Å². The van der Waals surface area contributed by atoms with Crippen molar-refractivity contribution in [2.45, 2.75) is 12.1 Å². The Morgan fingerprint density at radius 2 is 1.88 bits per heavy atom. The van der Waals surface area contributed by atoms with Gasteiger partial charge in [-0.05, 0) is 36.4 Å². The zero-order valence-electron chi connectivity index (χ0n) is 16.5. The molecular weight excluding hydrogens is 461 g/mol. The van der Waals surface area contributed by atoms with Crippen LogP contribution in [0.1, 0.15) is 10.4 Å². The Balaban J connectivity index is 1.79. The molecule has 0 spiro atoms. The van der Waals surface area contributed by atoms with Crippen LogP contribution in [-0.2, 0) is 0 Å². The van der Waals surface area contributed by atoms with Gasteiger partial charge in [-0.15, -0.1) is 0 Å². The number of halogens is 2. The van der Waals surface area contributed by atoms with Crippen LogP contribution in [0.15, 0.2) is 59.4 Å². The average molecular weight is 480 g/mol. The summed E-state index contributed by atoms with van der Waals surface area (Å²) < 4.78 is 34.3. The fourth-order valence-electron chi connectivity index (χ4n) is 3.44. The molecule has 32 heavy (non-hydrogen) atoms. The molecule has 1 fully saturated rings. The van der Waals surface area contributed by atoms with Crippen LogP contribution in [0.3, 0.4) is 0 Å². The van der Waals surface area contributed by atoms with E-state index in [0.29, 0.717) is 10.6 Å². The normalized spacial score (nSPS) is 20.7. The van der Waals surface area contributed by atoms with E-state index >= 15 is 0 Å². The van der Waals surface area contributed by atoms with E-state index in [0.717, 1.165) is 10.7 Å². The second-order valence-corrected chi connectivity index (χ2v) is 10.1. The Labute approximate surface area is 188 Å². The van der Waals surface area contributed by atoms with Crippen molar-refractivity contribution in [3.63, 3.8) is 0 Å². The Hall–Kier alpha value is -2.76. The van der Waals surface area contributed by atoms with Crippen molar-refractivity contribution in [3.05, 3.63) is 81.4 Å². The summed E-state index contributed by atoms with van der Waals surface area (Å²) >= 11 is 5.94. The standard InChI is InChI=1S/C21H19ClFN3O5S/c22-13-6-4-12(5-7-13)17-9-16(20(28)24-18-10-32(30,31)11-19(18)27)21(29)26(25-17)15-3-1-2-14(23)8-15/h1-9,18-19,27,30-31H,10-11H2,(H,24,28). The van der Waals surface area contributed by atoms with Gasteiger partial charge in [0, 0.05) is 10.6 Å². The largest absolute Gasteiger partial charge is 0.389 e. The van der Waals surface area contributed by atoms with Crippen molar-refractivity contribution in [2.75, 3.05) is 11.5 Å². The average Bonchev–Trinajstić information content (AvgIpc) is 2.99. The van der Waals surface area contributed by atoms with E-state index in [4.69, 9.17) is 11.6 Å². The lowest BCUT2D eigenvalue weighted by Crippen LogP contribution is -2.44. The van der Waals surface area contributed by atoms with Crippen molar-refractivity contribution in [2.24, 2.45) is 0 Å². The first-order valence-electron chi connectivity index (χ1n) is 9.52. The quantitative estimate of drug-likeness (QED) is 0.456. The predicted molar refractivity (Wildman–Crippen MR) is 120 cm³/mol. The summed E-state index contributed by atoms with van der Waals surface area (Å²) in [5, 5.41) is 17.3. The number of aliphatic hydroxyl groups is 1. The van der Waals surface area contributed by atoms with Gasteiger partial charge in [0.2, 0.25) is 0 Å². The van der Waals surface area contributed by atoms with Gasteiger partial charge < -0.3 is 10.4 Å². The lowest BCUT2D eigenvalue weighted by molar-refractivity contribution is 0.0886. The Morgan fingerprint density at radius 1 is 1.16 bits per heavy atom. The summed E-state index contributed by atoms with van der Waals surface area (Å²) in [4.78, 5) is 26.0. The highest BCUT2D eigenvalue weighted by atomic mass is 35.5. The van der Waals surface area contributed by atoms with Crippen molar-refractivity contribution in [1.82, 2.24) is 15.1 Å². The van der Waals surface area contributed by atoms with Crippen LogP contribution in [0.25, 0.3) is 16.9 Å². The molecule has 2 aromatic carbocycles. The topological polar surface area (TPSA) is 125 Å².